The Balaban J connectivity index is 3.80. The van der Waals surface area contributed by atoms with E-state index in [1.54, 1.807) is 0 Å². The molecule has 0 amide bonds. The first kappa shape index (κ1) is 16.9. The van der Waals surface area contributed by atoms with Gasteiger partial charge in [-0.15, -0.1) is 0 Å². The molecular formula is C12H27NO3S. The first-order valence-electron chi connectivity index (χ1n) is 6.24. The Hall–Kier alpha value is -0.130. The smallest absolute Gasteiger partial charge is 0.211 e. The number of hydrogen-bond donors (Lipinski definition) is 2. The summed E-state index contributed by atoms with van der Waals surface area (Å²) in [5.74, 6) is 0.431. The van der Waals surface area contributed by atoms with Gasteiger partial charge in [0.05, 0.1) is 5.75 Å². The molecule has 0 aromatic carbocycles. The summed E-state index contributed by atoms with van der Waals surface area (Å²) >= 11 is 0. The molecule has 0 aromatic heterocycles. The number of nitrogens with one attached hydrogen (secondary N) is 1. The molecule has 104 valence electrons. The first-order valence-corrected chi connectivity index (χ1v) is 7.90. The number of aliphatic hydroxyl groups excluding tert-OH is 1. The molecule has 0 saturated heterocycles. The zero-order valence-electron chi connectivity index (χ0n) is 11.5. The third-order valence-corrected chi connectivity index (χ3v) is 4.01. The van der Waals surface area contributed by atoms with E-state index in [0.717, 1.165) is 12.8 Å². The standard InChI is InChI=1S/C12H27NO3S/c1-11(10-14)6-5-8-13-17(15,16)9-7-12(2,3)4/h11,13-14H,5-10H2,1-4H3. The van der Waals surface area contributed by atoms with Crippen LogP contribution in [0.4, 0.5) is 0 Å². The molecule has 0 aliphatic heterocycles. The summed E-state index contributed by atoms with van der Waals surface area (Å²) in [4.78, 5) is 0. The number of rotatable bonds is 8. The molecule has 0 fully saturated rings. The molecule has 0 aromatic rings. The number of sulfonamides is 1. The first-order chi connectivity index (χ1) is 7.66. The second-order valence-corrected chi connectivity index (χ2v) is 7.88. The normalized spacial score (nSPS) is 14.9. The van der Waals surface area contributed by atoms with Crippen molar-refractivity contribution in [3.63, 3.8) is 0 Å². The Labute approximate surface area is 106 Å². The molecule has 17 heavy (non-hydrogen) atoms. The predicted molar refractivity (Wildman–Crippen MR) is 71.3 cm³/mol. The third-order valence-electron chi connectivity index (χ3n) is 2.63. The maximum absolute atomic E-state index is 11.6. The van der Waals surface area contributed by atoms with E-state index in [-0.39, 0.29) is 23.7 Å². The van der Waals surface area contributed by atoms with Gasteiger partial charge in [0.2, 0.25) is 10.0 Å². The summed E-state index contributed by atoms with van der Waals surface area (Å²) in [5, 5.41) is 8.83. The molecule has 0 bridgehead atoms. The van der Waals surface area contributed by atoms with Crippen molar-refractivity contribution >= 4 is 10.0 Å². The van der Waals surface area contributed by atoms with E-state index in [0.29, 0.717) is 13.0 Å². The van der Waals surface area contributed by atoms with Gasteiger partial charge in [0.1, 0.15) is 0 Å². The highest BCUT2D eigenvalue weighted by atomic mass is 32.2. The van der Waals surface area contributed by atoms with Crippen LogP contribution in [0.1, 0.15) is 47.0 Å². The van der Waals surface area contributed by atoms with E-state index < -0.39 is 10.0 Å². The second kappa shape index (κ2) is 7.34. The van der Waals surface area contributed by atoms with Crippen LogP contribution in [-0.2, 0) is 10.0 Å². The molecule has 4 nitrogen and oxygen atoms in total. The molecule has 0 aliphatic carbocycles. The van der Waals surface area contributed by atoms with Gasteiger partial charge in [-0.1, -0.05) is 27.7 Å². The van der Waals surface area contributed by atoms with Gasteiger partial charge in [-0.25, -0.2) is 13.1 Å². The molecule has 0 spiro atoms. The van der Waals surface area contributed by atoms with Crippen LogP contribution in [0, 0.1) is 11.3 Å². The summed E-state index contributed by atoms with van der Waals surface area (Å²) in [6, 6.07) is 0. The highest BCUT2D eigenvalue weighted by Crippen LogP contribution is 2.18. The predicted octanol–water partition coefficient (Wildman–Crippen LogP) is 1.75. The van der Waals surface area contributed by atoms with Crippen LogP contribution >= 0.6 is 0 Å². The summed E-state index contributed by atoms with van der Waals surface area (Å²) in [5.41, 5.74) is 0.0418. The van der Waals surface area contributed by atoms with E-state index in [1.807, 2.05) is 27.7 Å². The molecule has 0 aliphatic rings. The fourth-order valence-electron chi connectivity index (χ4n) is 1.28. The molecule has 0 radical (unpaired) electrons. The minimum absolute atomic E-state index is 0.0418. The van der Waals surface area contributed by atoms with E-state index in [4.69, 9.17) is 5.11 Å². The van der Waals surface area contributed by atoms with Crippen LogP contribution in [0.25, 0.3) is 0 Å². The van der Waals surface area contributed by atoms with Crippen LogP contribution in [-0.4, -0.2) is 32.4 Å². The number of hydrogen-bond acceptors (Lipinski definition) is 3. The average Bonchev–Trinajstić information content (AvgIpc) is 2.20. The van der Waals surface area contributed by atoms with E-state index >= 15 is 0 Å². The van der Waals surface area contributed by atoms with Crippen molar-refractivity contribution in [3.05, 3.63) is 0 Å². The van der Waals surface area contributed by atoms with Gasteiger partial charge < -0.3 is 5.11 Å². The van der Waals surface area contributed by atoms with Gasteiger partial charge in [-0.3, -0.25) is 0 Å². The number of aliphatic hydroxyl groups is 1. The second-order valence-electron chi connectivity index (χ2n) is 5.95. The maximum Gasteiger partial charge on any atom is 0.211 e. The van der Waals surface area contributed by atoms with E-state index in [9.17, 15) is 8.42 Å². The molecular weight excluding hydrogens is 238 g/mol. The molecule has 0 rings (SSSR count). The van der Waals surface area contributed by atoms with Crippen molar-refractivity contribution in [2.45, 2.75) is 47.0 Å². The summed E-state index contributed by atoms with van der Waals surface area (Å²) in [6.07, 6.45) is 2.28. The Bertz CT molecular complexity index is 293. The van der Waals surface area contributed by atoms with Crippen molar-refractivity contribution < 1.29 is 13.5 Å². The Morgan fingerprint density at radius 1 is 1.29 bits per heavy atom. The highest BCUT2D eigenvalue weighted by molar-refractivity contribution is 7.89. The molecule has 2 N–H and O–H groups in total. The monoisotopic (exact) mass is 265 g/mol. The minimum atomic E-state index is -3.13. The Kier molecular flexibility index (Phi) is 7.28. The maximum atomic E-state index is 11.6. The SMILES string of the molecule is CC(CO)CCCNS(=O)(=O)CCC(C)(C)C. The molecule has 0 saturated carbocycles. The largest absolute Gasteiger partial charge is 0.396 e. The fourth-order valence-corrected chi connectivity index (χ4v) is 2.76. The van der Waals surface area contributed by atoms with Crippen LogP contribution < -0.4 is 4.72 Å². The highest BCUT2D eigenvalue weighted by Gasteiger charge is 2.16. The lowest BCUT2D eigenvalue weighted by atomic mass is 9.94. The molecule has 1 atom stereocenters. The minimum Gasteiger partial charge on any atom is -0.396 e. The zero-order valence-corrected chi connectivity index (χ0v) is 12.3. The molecule has 1 unspecified atom stereocenters. The Morgan fingerprint density at radius 3 is 2.35 bits per heavy atom. The zero-order chi connectivity index (χ0) is 13.5. The van der Waals surface area contributed by atoms with Gasteiger partial charge in [0, 0.05) is 13.2 Å². The van der Waals surface area contributed by atoms with Gasteiger partial charge >= 0.3 is 0 Å². The van der Waals surface area contributed by atoms with Crippen LogP contribution in [0.3, 0.4) is 0 Å². The quantitative estimate of drug-likeness (QED) is 0.657. The van der Waals surface area contributed by atoms with Crippen molar-refractivity contribution in [1.82, 2.24) is 4.72 Å². The summed E-state index contributed by atoms with van der Waals surface area (Å²) in [7, 11) is -3.13. The lowest BCUT2D eigenvalue weighted by molar-refractivity contribution is 0.228. The van der Waals surface area contributed by atoms with E-state index in [1.165, 1.54) is 0 Å². The van der Waals surface area contributed by atoms with Gasteiger partial charge in [-0.2, -0.15) is 0 Å². The summed E-state index contributed by atoms with van der Waals surface area (Å²) in [6.45, 7) is 8.68. The van der Waals surface area contributed by atoms with Crippen LogP contribution in [0.15, 0.2) is 0 Å². The van der Waals surface area contributed by atoms with Crippen LogP contribution in [0.2, 0.25) is 0 Å². The lowest BCUT2D eigenvalue weighted by Gasteiger charge is -2.18. The topological polar surface area (TPSA) is 66.4 Å². The van der Waals surface area contributed by atoms with Gasteiger partial charge in [-0.05, 0) is 30.6 Å². The Morgan fingerprint density at radius 2 is 1.88 bits per heavy atom. The summed E-state index contributed by atoms with van der Waals surface area (Å²) < 4.78 is 25.9. The van der Waals surface area contributed by atoms with Gasteiger partial charge in [0.15, 0.2) is 0 Å². The fraction of sp³-hybridized carbons (Fsp3) is 1.00. The van der Waals surface area contributed by atoms with Crippen molar-refractivity contribution in [2.24, 2.45) is 11.3 Å². The van der Waals surface area contributed by atoms with Crippen molar-refractivity contribution in [1.29, 1.82) is 0 Å². The molecule has 0 heterocycles. The average molecular weight is 265 g/mol. The molecule has 5 heteroatoms. The van der Waals surface area contributed by atoms with Crippen LogP contribution in [0.5, 0.6) is 0 Å². The van der Waals surface area contributed by atoms with Gasteiger partial charge in [0.25, 0.3) is 0 Å². The third kappa shape index (κ3) is 10.7. The van der Waals surface area contributed by atoms with E-state index in [2.05, 4.69) is 4.72 Å². The van der Waals surface area contributed by atoms with Crippen molar-refractivity contribution in [3.8, 4) is 0 Å². The van der Waals surface area contributed by atoms with Crippen molar-refractivity contribution in [2.75, 3.05) is 18.9 Å². The lowest BCUT2D eigenvalue weighted by Crippen LogP contribution is -2.29.